The second kappa shape index (κ2) is 6.26. The molecule has 0 bridgehead atoms. The summed E-state index contributed by atoms with van der Waals surface area (Å²) in [4.78, 5) is 40.3. The number of amides is 3. The number of rotatable bonds is 2. The fourth-order valence-corrected chi connectivity index (χ4v) is 4.17. The van der Waals surface area contributed by atoms with Crippen molar-refractivity contribution in [3.05, 3.63) is 34.9 Å². The van der Waals surface area contributed by atoms with Crippen LogP contribution in [0.3, 0.4) is 0 Å². The topological polar surface area (TPSA) is 69.7 Å². The minimum atomic E-state index is -0.538. The Morgan fingerprint density at radius 3 is 2.56 bits per heavy atom. The van der Waals surface area contributed by atoms with Crippen LogP contribution in [0.1, 0.15) is 53.1 Å². The van der Waals surface area contributed by atoms with Crippen LogP contribution in [0.4, 0.5) is 0 Å². The maximum absolute atomic E-state index is 12.9. The molecule has 2 saturated heterocycles. The number of likely N-dealkylation sites (tertiary alicyclic amines) is 1. The van der Waals surface area contributed by atoms with Gasteiger partial charge in [-0.2, -0.15) is 0 Å². The van der Waals surface area contributed by atoms with Gasteiger partial charge in [-0.15, -0.1) is 0 Å². The van der Waals surface area contributed by atoms with Gasteiger partial charge in [0.15, 0.2) is 0 Å². The number of benzene rings is 1. The molecule has 1 unspecified atom stereocenters. The lowest BCUT2D eigenvalue weighted by Gasteiger charge is -2.29. The van der Waals surface area contributed by atoms with Gasteiger partial charge in [0.05, 0.1) is 0 Å². The third-order valence-electron chi connectivity index (χ3n) is 5.74. The monoisotopic (exact) mass is 341 g/mol. The van der Waals surface area contributed by atoms with Gasteiger partial charge in [0, 0.05) is 18.5 Å². The molecule has 0 radical (unpaired) electrons. The average Bonchev–Trinajstić information content (AvgIpc) is 2.92. The highest BCUT2D eigenvalue weighted by molar-refractivity contribution is 6.05. The molecule has 0 aromatic heterocycles. The minimum Gasteiger partial charge on any atom is -0.322 e. The van der Waals surface area contributed by atoms with E-state index in [4.69, 9.17) is 0 Å². The smallest absolute Gasteiger partial charge is 0.255 e. The van der Waals surface area contributed by atoms with Crippen LogP contribution in [0.15, 0.2) is 18.2 Å². The van der Waals surface area contributed by atoms with Crippen LogP contribution in [0.25, 0.3) is 0 Å². The van der Waals surface area contributed by atoms with Gasteiger partial charge >= 0.3 is 0 Å². The highest BCUT2D eigenvalue weighted by Gasteiger charge is 2.39. The van der Waals surface area contributed by atoms with E-state index in [2.05, 4.69) is 23.3 Å². The summed E-state index contributed by atoms with van der Waals surface area (Å²) in [5.74, 6) is -0.193. The number of nitrogens with zero attached hydrogens (tertiary/aromatic N) is 2. The second-order valence-electron chi connectivity index (χ2n) is 7.39. The van der Waals surface area contributed by atoms with Crippen molar-refractivity contribution in [2.75, 3.05) is 20.1 Å². The van der Waals surface area contributed by atoms with Crippen molar-refractivity contribution in [2.45, 2.75) is 44.2 Å². The Hall–Kier alpha value is -2.21. The number of imide groups is 1. The van der Waals surface area contributed by atoms with E-state index in [0.29, 0.717) is 18.9 Å². The molecule has 3 heterocycles. The highest BCUT2D eigenvalue weighted by atomic mass is 16.2. The molecule has 0 saturated carbocycles. The number of hydrogen-bond donors (Lipinski definition) is 1. The van der Waals surface area contributed by atoms with Crippen molar-refractivity contribution < 1.29 is 14.4 Å². The van der Waals surface area contributed by atoms with Gasteiger partial charge in [-0.05, 0) is 62.5 Å². The van der Waals surface area contributed by atoms with Gasteiger partial charge in [0.1, 0.15) is 6.04 Å². The molecule has 0 spiro atoms. The van der Waals surface area contributed by atoms with Crippen molar-refractivity contribution in [1.29, 1.82) is 0 Å². The Bertz CT molecular complexity index is 737. The Kier molecular flexibility index (Phi) is 4.07. The molecule has 1 atom stereocenters. The number of piperidine rings is 2. The summed E-state index contributed by atoms with van der Waals surface area (Å²) in [7, 11) is 2.14. The van der Waals surface area contributed by atoms with Crippen molar-refractivity contribution >= 4 is 17.7 Å². The molecule has 1 N–H and O–H groups in total. The van der Waals surface area contributed by atoms with Crippen LogP contribution in [0.5, 0.6) is 0 Å². The van der Waals surface area contributed by atoms with E-state index >= 15 is 0 Å². The summed E-state index contributed by atoms with van der Waals surface area (Å²) in [5.41, 5.74) is 2.93. The summed E-state index contributed by atoms with van der Waals surface area (Å²) in [5, 5.41) is 2.34. The Labute approximate surface area is 147 Å². The molecule has 4 rings (SSSR count). The van der Waals surface area contributed by atoms with E-state index in [-0.39, 0.29) is 24.1 Å². The van der Waals surface area contributed by atoms with E-state index in [0.717, 1.165) is 37.1 Å². The number of hydrogen-bond acceptors (Lipinski definition) is 4. The van der Waals surface area contributed by atoms with Gasteiger partial charge in [0.25, 0.3) is 5.91 Å². The summed E-state index contributed by atoms with van der Waals surface area (Å²) in [6, 6.07) is 5.66. The van der Waals surface area contributed by atoms with Gasteiger partial charge in [-0.25, -0.2) is 0 Å². The predicted molar refractivity (Wildman–Crippen MR) is 92.0 cm³/mol. The fraction of sp³-hybridized carbons (Fsp3) is 0.526. The standard InChI is InChI=1S/C19H23N3O3/c1-21-8-6-12(7-9-21)13-2-3-14-11-22(19(25)15(14)10-13)16-4-5-17(23)20-18(16)24/h2-3,10,12,16H,4-9,11H2,1H3,(H,20,23,24). The zero-order chi connectivity index (χ0) is 17.6. The zero-order valence-corrected chi connectivity index (χ0v) is 14.5. The summed E-state index contributed by atoms with van der Waals surface area (Å²) >= 11 is 0. The second-order valence-corrected chi connectivity index (χ2v) is 7.39. The SMILES string of the molecule is CN1CCC(c2ccc3c(c2)C(=O)N(C2CCC(=O)NC2=O)C3)CC1. The predicted octanol–water partition coefficient (Wildman–Crippen LogP) is 1.26. The lowest BCUT2D eigenvalue weighted by atomic mass is 9.88. The normalized spacial score (nSPS) is 25.2. The molecule has 3 aliphatic rings. The Morgan fingerprint density at radius 2 is 1.84 bits per heavy atom. The van der Waals surface area contributed by atoms with Crippen LogP contribution < -0.4 is 5.32 Å². The lowest BCUT2D eigenvalue weighted by Crippen LogP contribution is -2.52. The first-order chi connectivity index (χ1) is 12.0. The van der Waals surface area contributed by atoms with E-state index in [9.17, 15) is 14.4 Å². The molecule has 2 fully saturated rings. The van der Waals surface area contributed by atoms with Crippen molar-refractivity contribution in [3.63, 3.8) is 0 Å². The third kappa shape index (κ3) is 2.95. The van der Waals surface area contributed by atoms with Crippen LogP contribution in [-0.4, -0.2) is 53.7 Å². The molecular formula is C19H23N3O3. The van der Waals surface area contributed by atoms with E-state index in [1.165, 1.54) is 5.56 Å². The lowest BCUT2D eigenvalue weighted by molar-refractivity contribution is -0.136. The quantitative estimate of drug-likeness (QED) is 0.822. The average molecular weight is 341 g/mol. The first-order valence-corrected chi connectivity index (χ1v) is 8.99. The molecule has 6 heteroatoms. The molecule has 0 aliphatic carbocycles. The molecule has 1 aromatic rings. The Morgan fingerprint density at radius 1 is 1.08 bits per heavy atom. The van der Waals surface area contributed by atoms with Crippen molar-refractivity contribution in [1.82, 2.24) is 15.1 Å². The number of carbonyl (C=O) groups is 3. The Balaban J connectivity index is 1.54. The largest absolute Gasteiger partial charge is 0.322 e. The summed E-state index contributed by atoms with van der Waals surface area (Å²) in [6.45, 7) is 2.62. The fourth-order valence-electron chi connectivity index (χ4n) is 4.17. The van der Waals surface area contributed by atoms with Gasteiger partial charge in [-0.1, -0.05) is 12.1 Å². The van der Waals surface area contributed by atoms with Crippen LogP contribution in [0.2, 0.25) is 0 Å². The molecule has 3 amide bonds. The number of fused-ring (bicyclic) bond motifs is 1. The van der Waals surface area contributed by atoms with Crippen LogP contribution >= 0.6 is 0 Å². The first-order valence-electron chi connectivity index (χ1n) is 8.99. The van der Waals surface area contributed by atoms with Crippen LogP contribution in [0, 0.1) is 0 Å². The molecule has 3 aliphatic heterocycles. The molecule has 1 aromatic carbocycles. The van der Waals surface area contributed by atoms with E-state index in [1.54, 1.807) is 4.90 Å². The molecular weight excluding hydrogens is 318 g/mol. The van der Waals surface area contributed by atoms with Gasteiger partial charge in [0.2, 0.25) is 11.8 Å². The van der Waals surface area contributed by atoms with Crippen molar-refractivity contribution in [2.24, 2.45) is 0 Å². The molecule has 132 valence electrons. The molecule has 6 nitrogen and oxygen atoms in total. The van der Waals surface area contributed by atoms with Gasteiger partial charge < -0.3 is 9.80 Å². The zero-order valence-electron chi connectivity index (χ0n) is 14.5. The third-order valence-corrected chi connectivity index (χ3v) is 5.74. The van der Waals surface area contributed by atoms with E-state index < -0.39 is 6.04 Å². The van der Waals surface area contributed by atoms with Gasteiger partial charge in [-0.3, -0.25) is 19.7 Å². The first kappa shape index (κ1) is 16.3. The summed E-state index contributed by atoms with van der Waals surface area (Å²) in [6.07, 6.45) is 2.92. The summed E-state index contributed by atoms with van der Waals surface area (Å²) < 4.78 is 0. The maximum atomic E-state index is 12.9. The number of carbonyl (C=O) groups excluding carboxylic acids is 3. The highest BCUT2D eigenvalue weighted by Crippen LogP contribution is 2.33. The maximum Gasteiger partial charge on any atom is 0.255 e. The van der Waals surface area contributed by atoms with Crippen molar-refractivity contribution in [3.8, 4) is 0 Å². The number of nitrogens with one attached hydrogen (secondary N) is 1. The van der Waals surface area contributed by atoms with E-state index in [1.807, 2.05) is 12.1 Å². The minimum absolute atomic E-state index is 0.0840. The molecule has 25 heavy (non-hydrogen) atoms. The van der Waals surface area contributed by atoms with Crippen LogP contribution in [-0.2, 0) is 16.1 Å².